The van der Waals surface area contributed by atoms with Crippen LogP contribution in [0.5, 0.6) is 0 Å². The Morgan fingerprint density at radius 2 is 1.25 bits per heavy atom. The van der Waals surface area contributed by atoms with Crippen molar-refractivity contribution in [1.82, 2.24) is 0 Å². The topological polar surface area (TPSA) is 27.7 Å². The van der Waals surface area contributed by atoms with Crippen LogP contribution >= 0.6 is 23.2 Å². The van der Waals surface area contributed by atoms with E-state index < -0.39 is 8.80 Å². The van der Waals surface area contributed by atoms with Crippen LogP contribution < -0.4 is 0 Å². The maximum atomic E-state index is 5.85. The first-order valence-electron chi connectivity index (χ1n) is 5.71. The summed E-state index contributed by atoms with van der Waals surface area (Å²) in [5.41, 5.74) is 0. The van der Waals surface area contributed by atoms with Crippen molar-refractivity contribution in [3.63, 3.8) is 0 Å². The van der Waals surface area contributed by atoms with Gasteiger partial charge in [-0.05, 0) is 26.7 Å². The molecule has 3 nitrogen and oxygen atoms in total. The highest BCUT2D eigenvalue weighted by Gasteiger charge is 2.42. The SMILES string of the molecule is CCO[Si](CC(CCl)CCl)(OCC)OCC. The van der Waals surface area contributed by atoms with E-state index in [2.05, 4.69) is 0 Å². The molecular formula is C10H22Cl2O3Si. The first kappa shape index (κ1) is 16.7. The number of hydrogen-bond donors (Lipinski definition) is 0. The van der Waals surface area contributed by atoms with Gasteiger partial charge in [-0.25, -0.2) is 0 Å². The van der Waals surface area contributed by atoms with Gasteiger partial charge in [-0.3, -0.25) is 0 Å². The van der Waals surface area contributed by atoms with Crippen LogP contribution in [0.25, 0.3) is 0 Å². The monoisotopic (exact) mass is 288 g/mol. The molecule has 16 heavy (non-hydrogen) atoms. The van der Waals surface area contributed by atoms with Crippen LogP contribution in [0, 0.1) is 5.92 Å². The fraction of sp³-hybridized carbons (Fsp3) is 1.00. The largest absolute Gasteiger partial charge is 0.501 e. The lowest BCUT2D eigenvalue weighted by Gasteiger charge is -2.30. The number of alkyl halides is 2. The number of hydrogen-bond acceptors (Lipinski definition) is 3. The molecule has 6 heteroatoms. The molecule has 0 saturated carbocycles. The first-order valence-corrected chi connectivity index (χ1v) is 8.71. The fourth-order valence-corrected chi connectivity index (χ4v) is 5.30. The maximum Gasteiger partial charge on any atom is 0.501 e. The standard InChI is InChI=1S/C10H22Cl2O3Si/c1-4-13-16(14-5-2,15-6-3)9-10(7-11)8-12/h10H,4-9H2,1-3H3. The highest BCUT2D eigenvalue weighted by Crippen LogP contribution is 2.23. The molecule has 0 N–H and O–H groups in total. The number of rotatable bonds is 10. The summed E-state index contributed by atoms with van der Waals surface area (Å²) in [6, 6.07) is 0.690. The van der Waals surface area contributed by atoms with Crippen molar-refractivity contribution in [1.29, 1.82) is 0 Å². The second-order valence-electron chi connectivity index (χ2n) is 3.36. The Labute approximate surface area is 110 Å². The Kier molecular flexibility index (Phi) is 10.1. The predicted molar refractivity (Wildman–Crippen MR) is 70.4 cm³/mol. The molecule has 0 heterocycles. The van der Waals surface area contributed by atoms with E-state index in [0.717, 1.165) is 0 Å². The molecule has 0 aromatic rings. The Morgan fingerprint density at radius 3 is 1.50 bits per heavy atom. The van der Waals surface area contributed by atoms with Gasteiger partial charge in [0.2, 0.25) is 0 Å². The second-order valence-corrected chi connectivity index (χ2v) is 6.62. The van der Waals surface area contributed by atoms with Crippen LogP contribution in [0.1, 0.15) is 20.8 Å². The molecule has 0 aromatic heterocycles. The van der Waals surface area contributed by atoms with Gasteiger partial charge >= 0.3 is 8.80 Å². The summed E-state index contributed by atoms with van der Waals surface area (Å²) in [7, 11) is -2.57. The van der Waals surface area contributed by atoms with Crippen LogP contribution in [0.3, 0.4) is 0 Å². The smallest absolute Gasteiger partial charge is 0.374 e. The maximum absolute atomic E-state index is 5.85. The van der Waals surface area contributed by atoms with Gasteiger partial charge in [0.25, 0.3) is 0 Å². The van der Waals surface area contributed by atoms with Crippen LogP contribution in [0.15, 0.2) is 0 Å². The Hall–Kier alpha value is 0.677. The van der Waals surface area contributed by atoms with Crippen molar-refractivity contribution in [3.8, 4) is 0 Å². The lowest BCUT2D eigenvalue weighted by Crippen LogP contribution is -2.47. The molecule has 0 spiro atoms. The molecule has 0 amide bonds. The molecular weight excluding hydrogens is 267 g/mol. The Bertz CT molecular complexity index is 151. The van der Waals surface area contributed by atoms with Crippen molar-refractivity contribution in [2.24, 2.45) is 5.92 Å². The van der Waals surface area contributed by atoms with Crippen LogP contribution in [-0.4, -0.2) is 40.4 Å². The van der Waals surface area contributed by atoms with Gasteiger partial charge in [0.15, 0.2) is 0 Å². The van der Waals surface area contributed by atoms with E-state index in [1.807, 2.05) is 20.8 Å². The third-order valence-corrected chi connectivity index (χ3v) is 6.20. The zero-order chi connectivity index (χ0) is 12.4. The summed E-state index contributed by atoms with van der Waals surface area (Å²) in [5.74, 6) is 1.19. The molecule has 0 aliphatic rings. The lowest BCUT2D eigenvalue weighted by atomic mass is 10.3. The quantitative estimate of drug-likeness (QED) is 0.457. The van der Waals surface area contributed by atoms with Crippen molar-refractivity contribution in [3.05, 3.63) is 0 Å². The zero-order valence-corrected chi connectivity index (χ0v) is 12.8. The molecule has 0 atom stereocenters. The molecule has 0 aromatic carbocycles. The molecule has 0 aliphatic heterocycles. The van der Waals surface area contributed by atoms with Crippen LogP contribution in [-0.2, 0) is 13.3 Å². The summed E-state index contributed by atoms with van der Waals surface area (Å²) in [4.78, 5) is 0. The molecule has 0 rings (SSSR count). The van der Waals surface area contributed by atoms with E-state index in [1.54, 1.807) is 0 Å². The minimum atomic E-state index is -2.57. The molecule has 98 valence electrons. The van der Waals surface area contributed by atoms with Crippen LogP contribution in [0.4, 0.5) is 0 Å². The Balaban J connectivity index is 4.56. The minimum absolute atomic E-state index is 0.180. The van der Waals surface area contributed by atoms with Gasteiger partial charge < -0.3 is 13.3 Å². The van der Waals surface area contributed by atoms with Gasteiger partial charge in [0.1, 0.15) is 0 Å². The number of halogens is 2. The molecule has 0 bridgehead atoms. The summed E-state index contributed by atoms with van der Waals surface area (Å²) in [5, 5.41) is 0. The Morgan fingerprint density at radius 1 is 0.875 bits per heavy atom. The fourth-order valence-electron chi connectivity index (χ4n) is 1.47. The van der Waals surface area contributed by atoms with E-state index in [9.17, 15) is 0 Å². The average molecular weight is 289 g/mol. The van der Waals surface area contributed by atoms with Gasteiger partial charge in [-0.15, -0.1) is 23.2 Å². The van der Waals surface area contributed by atoms with Crippen molar-refractivity contribution >= 4 is 32.0 Å². The molecule has 0 aliphatic carbocycles. The molecule has 0 unspecified atom stereocenters. The molecule has 0 radical (unpaired) electrons. The second kappa shape index (κ2) is 9.68. The third-order valence-electron chi connectivity index (χ3n) is 2.07. The summed E-state index contributed by atoms with van der Waals surface area (Å²) < 4.78 is 17.2. The first-order chi connectivity index (χ1) is 7.67. The predicted octanol–water partition coefficient (Wildman–Crippen LogP) is 3.13. The normalized spacial score (nSPS) is 12.4. The molecule has 0 fully saturated rings. The van der Waals surface area contributed by atoms with E-state index in [-0.39, 0.29) is 5.92 Å². The highest BCUT2D eigenvalue weighted by atomic mass is 35.5. The van der Waals surface area contributed by atoms with E-state index >= 15 is 0 Å². The highest BCUT2D eigenvalue weighted by molar-refractivity contribution is 6.60. The zero-order valence-electron chi connectivity index (χ0n) is 10.3. The summed E-state index contributed by atoms with van der Waals surface area (Å²) in [6.07, 6.45) is 0. The third kappa shape index (κ3) is 5.84. The van der Waals surface area contributed by atoms with Gasteiger partial charge in [0, 0.05) is 37.6 Å². The summed E-state index contributed by atoms with van der Waals surface area (Å²) >= 11 is 11.7. The van der Waals surface area contributed by atoms with Crippen molar-refractivity contribution in [2.75, 3.05) is 31.6 Å². The van der Waals surface area contributed by atoms with E-state index in [0.29, 0.717) is 37.6 Å². The van der Waals surface area contributed by atoms with E-state index in [4.69, 9.17) is 36.5 Å². The average Bonchev–Trinajstić information content (AvgIpc) is 2.27. The van der Waals surface area contributed by atoms with E-state index in [1.165, 1.54) is 0 Å². The van der Waals surface area contributed by atoms with Crippen molar-refractivity contribution in [2.45, 2.75) is 26.8 Å². The minimum Gasteiger partial charge on any atom is -0.374 e. The van der Waals surface area contributed by atoms with Crippen LogP contribution in [0.2, 0.25) is 6.04 Å². The molecule has 0 saturated heterocycles. The lowest BCUT2D eigenvalue weighted by molar-refractivity contribution is 0.0685. The van der Waals surface area contributed by atoms with Crippen molar-refractivity contribution < 1.29 is 13.3 Å². The van der Waals surface area contributed by atoms with Gasteiger partial charge in [-0.2, -0.15) is 0 Å². The van der Waals surface area contributed by atoms with Gasteiger partial charge in [-0.1, -0.05) is 0 Å². The van der Waals surface area contributed by atoms with Gasteiger partial charge in [0.05, 0.1) is 0 Å². The summed E-state index contributed by atoms with van der Waals surface area (Å²) in [6.45, 7) is 7.58.